The number of hydrogen-bond donors (Lipinski definition) is 1. The largest absolute Gasteiger partial charge is 0.462 e. The van der Waals surface area contributed by atoms with Gasteiger partial charge in [0.25, 0.3) is 0 Å². The number of carbonyl (C=O) groups is 1. The minimum absolute atomic E-state index is 0.0128. The normalized spacial score (nSPS) is 14.9. The molecule has 0 amide bonds. The fourth-order valence-electron chi connectivity index (χ4n) is 2.91. The molecule has 1 N–H and O–H groups in total. The number of ether oxygens (including phenoxy) is 1. The fourth-order valence-corrected chi connectivity index (χ4v) is 4.16. The molecule has 4 rings (SSSR count). The highest BCUT2D eigenvalue weighted by Gasteiger charge is 2.19. The molecule has 0 saturated carbocycles. The van der Waals surface area contributed by atoms with Gasteiger partial charge < -0.3 is 9.46 Å². The Bertz CT molecular complexity index is 1660. The van der Waals surface area contributed by atoms with E-state index in [4.69, 9.17) is 41.6 Å². The molecule has 0 aromatic heterocycles. The van der Waals surface area contributed by atoms with Gasteiger partial charge in [-0.3, -0.25) is 0 Å². The second-order valence-electron chi connectivity index (χ2n) is 6.45. The molecule has 0 bridgehead atoms. The lowest BCUT2D eigenvalue weighted by atomic mass is 9.93. The average Bonchev–Trinajstić information content (AvgIpc) is 2.97. The number of rotatable bonds is 7. The lowest BCUT2D eigenvalue weighted by Crippen LogP contribution is -2.06. The molecule has 6 heteroatoms. The van der Waals surface area contributed by atoms with Gasteiger partial charge in [0.05, 0.1) is 36.6 Å². The number of carbonyl (C=O) groups excluding carboxylic acids is 1. The zero-order valence-corrected chi connectivity index (χ0v) is 19.4. The minimum atomic E-state index is -0.843. The summed E-state index contributed by atoms with van der Waals surface area (Å²) in [5.41, 5.74) is -0.914. The summed E-state index contributed by atoms with van der Waals surface area (Å²) in [6.07, 6.45) is 0. The van der Waals surface area contributed by atoms with Crippen molar-refractivity contribution in [2.24, 2.45) is 0 Å². The topological polar surface area (TPSA) is 38.3 Å². The summed E-state index contributed by atoms with van der Waals surface area (Å²) in [5, 5.41) is 0.620. The molecule has 0 atom stereocenters. The number of benzene rings is 4. The van der Waals surface area contributed by atoms with Crippen LogP contribution in [-0.2, 0) is 4.74 Å². The molecule has 0 unspecified atom stereocenters. The third kappa shape index (κ3) is 5.53. The smallest absolute Gasteiger partial charge is 0.338 e. The Morgan fingerprint density at radius 2 is 1.52 bits per heavy atom. The summed E-state index contributed by atoms with van der Waals surface area (Å²) in [6.45, 7) is 1.56. The van der Waals surface area contributed by atoms with E-state index in [0.717, 1.165) is 11.9 Å². The van der Waals surface area contributed by atoms with Gasteiger partial charge in [0.1, 0.15) is 0 Å². The molecule has 3 nitrogen and oxygen atoms in total. The van der Waals surface area contributed by atoms with E-state index in [2.05, 4.69) is 4.72 Å². The van der Waals surface area contributed by atoms with Crippen LogP contribution >= 0.6 is 35.1 Å². The van der Waals surface area contributed by atoms with Crippen LogP contribution in [0, 0.1) is 0 Å². The number of halogens is 2. The highest BCUT2D eigenvalue weighted by atomic mass is 35.5. The van der Waals surface area contributed by atoms with Gasteiger partial charge in [0.15, 0.2) is 0 Å². The van der Waals surface area contributed by atoms with Crippen molar-refractivity contribution in [2.45, 2.75) is 11.8 Å². The first-order chi connectivity index (χ1) is 20.2. The predicted molar refractivity (Wildman–Crippen MR) is 139 cm³/mol. The second-order valence-corrected chi connectivity index (χ2v) is 8.14. The lowest BCUT2D eigenvalue weighted by Gasteiger charge is -2.19. The zero-order valence-electron chi connectivity index (χ0n) is 27.1. The molecule has 0 aliphatic rings. The van der Waals surface area contributed by atoms with Gasteiger partial charge in [-0.15, -0.1) is 0 Å². The Hall–Kier alpha value is -2.92. The van der Waals surface area contributed by atoms with Gasteiger partial charge in [-0.1, -0.05) is 83.6 Å². The minimum Gasteiger partial charge on any atom is -0.462 e. The SMILES string of the molecule is [2H]c1c([2H])c([2H])c(-c2cc(C(=O)OCC)cc(-c3c([2H])c([2H])c([2H])c([2H])c3[2H])c2NSc2ccc(Cl)cc2Cl)c([2H])c1[2H]. The van der Waals surface area contributed by atoms with E-state index in [1.165, 1.54) is 18.2 Å². The van der Waals surface area contributed by atoms with Crippen LogP contribution in [0.15, 0.2) is 95.7 Å². The Morgan fingerprint density at radius 3 is 2.03 bits per heavy atom. The first-order valence-electron chi connectivity index (χ1n) is 14.6. The average molecular weight is 505 g/mol. The van der Waals surface area contributed by atoms with E-state index in [0.29, 0.717) is 9.92 Å². The zero-order chi connectivity index (χ0) is 31.9. The molecule has 0 fully saturated rings. The van der Waals surface area contributed by atoms with Crippen LogP contribution in [0.3, 0.4) is 0 Å². The Morgan fingerprint density at radius 1 is 0.939 bits per heavy atom. The van der Waals surface area contributed by atoms with E-state index in [1.54, 1.807) is 19.1 Å². The van der Waals surface area contributed by atoms with Gasteiger partial charge in [0, 0.05) is 21.0 Å². The molecule has 0 heterocycles. The first kappa shape index (κ1) is 13.7. The number of esters is 1. The summed E-state index contributed by atoms with van der Waals surface area (Å²) in [6, 6.07) is 1.02. The molecular weight excluding hydrogens is 473 g/mol. The highest BCUT2D eigenvalue weighted by molar-refractivity contribution is 8.00. The number of hydrogen-bond acceptors (Lipinski definition) is 4. The van der Waals surface area contributed by atoms with Crippen LogP contribution < -0.4 is 4.72 Å². The molecule has 0 radical (unpaired) electrons. The van der Waals surface area contributed by atoms with Crippen LogP contribution in [0.1, 0.15) is 31.0 Å². The molecule has 0 aliphatic carbocycles. The molecular formula is C27H21Cl2NO2S. The quantitative estimate of drug-likeness (QED) is 0.202. The van der Waals surface area contributed by atoms with Crippen molar-refractivity contribution in [3.8, 4) is 22.3 Å². The van der Waals surface area contributed by atoms with Crippen LogP contribution in [-0.4, -0.2) is 12.6 Å². The van der Waals surface area contributed by atoms with Crippen molar-refractivity contribution in [2.75, 3.05) is 11.3 Å². The van der Waals surface area contributed by atoms with Crippen molar-refractivity contribution in [3.63, 3.8) is 0 Å². The van der Waals surface area contributed by atoms with Crippen molar-refractivity contribution < 1.29 is 23.2 Å². The molecule has 4 aromatic rings. The third-order valence-corrected chi connectivity index (χ3v) is 5.89. The van der Waals surface area contributed by atoms with E-state index in [1.807, 2.05) is 0 Å². The molecule has 33 heavy (non-hydrogen) atoms. The predicted octanol–water partition coefficient (Wildman–Crippen LogP) is 8.62. The Labute approximate surface area is 221 Å². The Kier molecular flexibility index (Phi) is 4.49. The second kappa shape index (κ2) is 10.8. The van der Waals surface area contributed by atoms with E-state index < -0.39 is 66.4 Å². The van der Waals surface area contributed by atoms with E-state index in [9.17, 15) is 4.79 Å². The summed E-state index contributed by atoms with van der Waals surface area (Å²) >= 11 is 13.3. The van der Waals surface area contributed by atoms with Crippen LogP contribution in [0.2, 0.25) is 10.0 Å². The fraction of sp³-hybridized carbons (Fsp3) is 0.0741. The van der Waals surface area contributed by atoms with Crippen molar-refractivity contribution in [1.29, 1.82) is 0 Å². The summed E-state index contributed by atoms with van der Waals surface area (Å²) in [4.78, 5) is 13.5. The van der Waals surface area contributed by atoms with Crippen LogP contribution in [0.4, 0.5) is 5.69 Å². The number of nitrogens with one attached hydrogen (secondary N) is 1. The first-order valence-corrected chi connectivity index (χ1v) is 11.2. The Balaban J connectivity index is 2.17. The van der Waals surface area contributed by atoms with Gasteiger partial charge in [-0.05, 0) is 60.3 Å². The maximum Gasteiger partial charge on any atom is 0.338 e. The molecule has 0 saturated heterocycles. The summed E-state index contributed by atoms with van der Waals surface area (Å²) < 4.78 is 91.6. The van der Waals surface area contributed by atoms with Crippen molar-refractivity contribution in [1.82, 2.24) is 0 Å². The third-order valence-electron chi connectivity index (χ3n) is 4.35. The number of anilines is 1. The van der Waals surface area contributed by atoms with Gasteiger partial charge in [0.2, 0.25) is 0 Å². The van der Waals surface area contributed by atoms with Crippen molar-refractivity contribution in [3.05, 3.63) is 106 Å². The highest BCUT2D eigenvalue weighted by Crippen LogP contribution is 2.41. The van der Waals surface area contributed by atoms with Gasteiger partial charge in [-0.25, -0.2) is 4.79 Å². The van der Waals surface area contributed by atoms with Gasteiger partial charge >= 0.3 is 5.97 Å². The standard InChI is InChI=1S/C27H21Cl2NO2S/c1-2-32-27(31)20-15-22(18-9-5-3-6-10-18)26(23(16-20)19-11-7-4-8-12-19)30-33-25-14-13-21(28)17-24(25)29/h3-17,30H,2H2,1H3/i3D,4D,5D,6D,7D,8D,9D,10D,11D,12D. The molecule has 166 valence electrons. The summed E-state index contributed by atoms with van der Waals surface area (Å²) in [5.74, 6) is -0.843. The molecule has 0 spiro atoms. The van der Waals surface area contributed by atoms with Crippen molar-refractivity contribution >= 4 is 46.8 Å². The van der Waals surface area contributed by atoms with E-state index >= 15 is 0 Å². The van der Waals surface area contributed by atoms with Crippen LogP contribution in [0.5, 0.6) is 0 Å². The maximum atomic E-state index is 13.0. The van der Waals surface area contributed by atoms with Gasteiger partial charge in [-0.2, -0.15) is 0 Å². The maximum absolute atomic E-state index is 13.0. The van der Waals surface area contributed by atoms with Crippen LogP contribution in [0.25, 0.3) is 22.3 Å². The monoisotopic (exact) mass is 503 g/mol. The molecule has 0 aliphatic heterocycles. The molecule has 4 aromatic carbocycles. The summed E-state index contributed by atoms with van der Waals surface area (Å²) in [7, 11) is 0. The van der Waals surface area contributed by atoms with E-state index in [-0.39, 0.29) is 45.1 Å². The lowest BCUT2D eigenvalue weighted by molar-refractivity contribution is 0.0526.